The Bertz CT molecular complexity index is 904. The molecule has 0 unspecified atom stereocenters. The van der Waals surface area contributed by atoms with E-state index < -0.39 is 0 Å². The van der Waals surface area contributed by atoms with Crippen LogP contribution in [0.2, 0.25) is 0 Å². The molecule has 25 heavy (non-hydrogen) atoms. The molecule has 1 fully saturated rings. The zero-order chi connectivity index (χ0) is 17.2. The lowest BCUT2D eigenvalue weighted by Crippen LogP contribution is -2.36. The lowest BCUT2D eigenvalue weighted by Gasteiger charge is -2.28. The monoisotopic (exact) mass is 417 g/mol. The summed E-state index contributed by atoms with van der Waals surface area (Å²) in [5, 5.41) is 2.95. The van der Waals surface area contributed by atoms with Gasteiger partial charge in [0.25, 0.3) is 5.91 Å². The molecular weight excluding hydrogens is 402 g/mol. The minimum atomic E-state index is -0.120. The zero-order valence-corrected chi connectivity index (χ0v) is 15.8. The highest BCUT2D eigenvalue weighted by Crippen LogP contribution is 2.27. The first-order chi connectivity index (χ1) is 12.2. The Morgan fingerprint density at radius 2 is 1.92 bits per heavy atom. The number of carbonyl (C=O) groups excluding carboxylic acids is 1. The quantitative estimate of drug-likeness (QED) is 0.695. The second-order valence-electron chi connectivity index (χ2n) is 5.75. The van der Waals surface area contributed by atoms with Gasteiger partial charge in [-0.3, -0.25) is 4.79 Å². The third-order valence-electron chi connectivity index (χ3n) is 4.13. The van der Waals surface area contributed by atoms with Crippen molar-refractivity contribution < 1.29 is 9.53 Å². The molecule has 7 heteroatoms. The van der Waals surface area contributed by atoms with E-state index >= 15 is 0 Å². The van der Waals surface area contributed by atoms with Crippen LogP contribution in [-0.4, -0.2) is 37.2 Å². The molecule has 0 spiro atoms. The van der Waals surface area contributed by atoms with Crippen LogP contribution in [-0.2, 0) is 4.74 Å². The van der Waals surface area contributed by atoms with E-state index in [0.717, 1.165) is 51.8 Å². The summed E-state index contributed by atoms with van der Waals surface area (Å²) < 4.78 is 7.18. The number of halogens is 1. The van der Waals surface area contributed by atoms with Crippen molar-refractivity contribution in [1.29, 1.82) is 0 Å². The van der Waals surface area contributed by atoms with Gasteiger partial charge >= 0.3 is 0 Å². The predicted octanol–water partition coefficient (Wildman–Crippen LogP) is 4.15. The number of aromatic nitrogens is 1. The molecule has 1 saturated heterocycles. The third-order valence-corrected chi connectivity index (χ3v) is 5.60. The summed E-state index contributed by atoms with van der Waals surface area (Å²) in [6.07, 6.45) is 0. The number of fused-ring (bicyclic) bond motifs is 1. The highest BCUT2D eigenvalue weighted by atomic mass is 79.9. The average Bonchev–Trinajstić information content (AvgIpc) is 3.02. The van der Waals surface area contributed by atoms with Crippen LogP contribution in [0.3, 0.4) is 0 Å². The fraction of sp³-hybridized carbons (Fsp3) is 0.222. The van der Waals surface area contributed by atoms with Gasteiger partial charge in [0.05, 0.1) is 23.4 Å². The number of hydrogen-bond acceptors (Lipinski definition) is 5. The second kappa shape index (κ2) is 7.11. The summed E-state index contributed by atoms with van der Waals surface area (Å²) >= 11 is 4.89. The molecule has 0 atom stereocenters. The number of amides is 1. The van der Waals surface area contributed by atoms with Crippen LogP contribution in [0, 0.1) is 0 Å². The number of hydrogen-bond donors (Lipinski definition) is 1. The number of carbonyl (C=O) groups is 1. The SMILES string of the molecule is O=C(Nc1ccc(N2CCOCC2)cc1)c1ccc2nc(Br)sc2c1. The second-order valence-corrected chi connectivity index (χ2v) is 8.06. The number of ether oxygens (including phenoxy) is 1. The van der Waals surface area contributed by atoms with E-state index in [1.165, 1.54) is 11.3 Å². The third kappa shape index (κ3) is 3.68. The van der Waals surface area contributed by atoms with Crippen molar-refractivity contribution in [3.05, 3.63) is 51.9 Å². The molecule has 1 amide bonds. The minimum absolute atomic E-state index is 0.120. The molecule has 128 valence electrons. The highest BCUT2D eigenvalue weighted by molar-refractivity contribution is 9.11. The summed E-state index contributed by atoms with van der Waals surface area (Å²) in [4.78, 5) is 19.1. The molecule has 0 bridgehead atoms. The fourth-order valence-electron chi connectivity index (χ4n) is 2.82. The number of benzene rings is 2. The topological polar surface area (TPSA) is 54.5 Å². The van der Waals surface area contributed by atoms with Crippen LogP contribution in [0.4, 0.5) is 11.4 Å². The Balaban J connectivity index is 1.47. The lowest BCUT2D eigenvalue weighted by atomic mass is 10.2. The van der Waals surface area contributed by atoms with Crippen LogP contribution in [0.15, 0.2) is 46.4 Å². The largest absolute Gasteiger partial charge is 0.378 e. The van der Waals surface area contributed by atoms with Gasteiger partial charge < -0.3 is 15.0 Å². The summed E-state index contributed by atoms with van der Waals surface area (Å²) in [6, 6.07) is 13.5. The molecule has 1 aliphatic rings. The molecule has 2 aromatic carbocycles. The van der Waals surface area contributed by atoms with Gasteiger partial charge in [-0.1, -0.05) is 0 Å². The van der Waals surface area contributed by atoms with Crippen LogP contribution >= 0.6 is 27.3 Å². The van der Waals surface area contributed by atoms with Crippen LogP contribution in [0.1, 0.15) is 10.4 Å². The average molecular weight is 418 g/mol. The standard InChI is InChI=1S/C18H16BrN3O2S/c19-18-21-15-6-1-12(11-16(15)25-18)17(23)20-13-2-4-14(5-3-13)22-7-9-24-10-8-22/h1-6,11H,7-10H2,(H,20,23). The molecule has 1 aliphatic heterocycles. The lowest BCUT2D eigenvalue weighted by molar-refractivity contribution is 0.102. The normalized spacial score (nSPS) is 14.7. The Morgan fingerprint density at radius 1 is 1.16 bits per heavy atom. The maximum Gasteiger partial charge on any atom is 0.255 e. The van der Waals surface area contributed by atoms with Gasteiger partial charge in [-0.05, 0) is 58.4 Å². The number of nitrogens with zero attached hydrogens (tertiary/aromatic N) is 2. The van der Waals surface area contributed by atoms with E-state index in [4.69, 9.17) is 4.74 Å². The van der Waals surface area contributed by atoms with E-state index in [-0.39, 0.29) is 5.91 Å². The first kappa shape index (κ1) is 16.5. The van der Waals surface area contributed by atoms with Crippen LogP contribution in [0.25, 0.3) is 10.2 Å². The van der Waals surface area contributed by atoms with Crippen molar-refractivity contribution in [3.63, 3.8) is 0 Å². The van der Waals surface area contributed by atoms with Gasteiger partial charge in [-0.25, -0.2) is 4.98 Å². The first-order valence-electron chi connectivity index (χ1n) is 7.99. The maximum atomic E-state index is 12.5. The number of morpholine rings is 1. The Labute approximate surface area is 157 Å². The summed E-state index contributed by atoms with van der Waals surface area (Å²) in [7, 11) is 0. The van der Waals surface area contributed by atoms with Crippen molar-refractivity contribution in [1.82, 2.24) is 4.98 Å². The van der Waals surface area contributed by atoms with E-state index in [0.29, 0.717) is 5.56 Å². The number of thiazole rings is 1. The smallest absolute Gasteiger partial charge is 0.255 e. The Hall–Kier alpha value is -1.96. The molecule has 0 radical (unpaired) electrons. The van der Waals surface area contributed by atoms with E-state index in [2.05, 4.69) is 31.1 Å². The molecule has 4 rings (SSSR count). The highest BCUT2D eigenvalue weighted by Gasteiger charge is 2.12. The number of nitrogens with one attached hydrogen (secondary N) is 1. The van der Waals surface area contributed by atoms with E-state index in [1.54, 1.807) is 6.07 Å². The van der Waals surface area contributed by atoms with Crippen molar-refractivity contribution in [3.8, 4) is 0 Å². The van der Waals surface area contributed by atoms with Crippen molar-refractivity contribution in [2.45, 2.75) is 0 Å². The van der Waals surface area contributed by atoms with Crippen molar-refractivity contribution in [2.24, 2.45) is 0 Å². The van der Waals surface area contributed by atoms with Gasteiger partial charge in [0.1, 0.15) is 0 Å². The summed E-state index contributed by atoms with van der Waals surface area (Å²) in [6.45, 7) is 3.32. The van der Waals surface area contributed by atoms with E-state index in [9.17, 15) is 4.79 Å². The van der Waals surface area contributed by atoms with Gasteiger partial charge in [0.15, 0.2) is 3.92 Å². The minimum Gasteiger partial charge on any atom is -0.378 e. The van der Waals surface area contributed by atoms with Gasteiger partial charge in [0.2, 0.25) is 0 Å². The molecule has 2 heterocycles. The molecule has 0 aliphatic carbocycles. The first-order valence-corrected chi connectivity index (χ1v) is 9.60. The summed E-state index contributed by atoms with van der Waals surface area (Å²) in [5.74, 6) is -0.120. The summed E-state index contributed by atoms with van der Waals surface area (Å²) in [5.41, 5.74) is 3.45. The molecule has 1 N–H and O–H groups in total. The molecular formula is C18H16BrN3O2S. The fourth-order valence-corrected chi connectivity index (χ4v) is 4.26. The number of anilines is 2. The number of rotatable bonds is 3. The van der Waals surface area contributed by atoms with Crippen LogP contribution < -0.4 is 10.2 Å². The Kier molecular flexibility index (Phi) is 4.70. The van der Waals surface area contributed by atoms with Gasteiger partial charge in [0, 0.05) is 30.0 Å². The molecule has 5 nitrogen and oxygen atoms in total. The van der Waals surface area contributed by atoms with Gasteiger partial charge in [-0.2, -0.15) is 0 Å². The van der Waals surface area contributed by atoms with E-state index in [1.807, 2.05) is 36.4 Å². The van der Waals surface area contributed by atoms with Crippen LogP contribution in [0.5, 0.6) is 0 Å². The Morgan fingerprint density at radius 3 is 2.68 bits per heavy atom. The zero-order valence-electron chi connectivity index (χ0n) is 13.4. The predicted molar refractivity (Wildman–Crippen MR) is 105 cm³/mol. The van der Waals surface area contributed by atoms with Crippen molar-refractivity contribution in [2.75, 3.05) is 36.5 Å². The van der Waals surface area contributed by atoms with Crippen molar-refractivity contribution >= 4 is 54.8 Å². The maximum absolute atomic E-state index is 12.5. The van der Waals surface area contributed by atoms with Gasteiger partial charge in [-0.15, -0.1) is 11.3 Å². The molecule has 3 aromatic rings. The molecule has 0 saturated carbocycles. The molecule has 1 aromatic heterocycles.